The molecule has 2 N–H and O–H groups in total. The van der Waals surface area contributed by atoms with Gasteiger partial charge in [-0.2, -0.15) is 5.10 Å². The molecule has 2 rings (SSSR count). The predicted molar refractivity (Wildman–Crippen MR) is 79.1 cm³/mol. The van der Waals surface area contributed by atoms with E-state index >= 15 is 0 Å². The number of halogens is 1. The predicted octanol–water partition coefficient (Wildman–Crippen LogP) is 1.54. The molecular weight excluding hydrogens is 287 g/mol. The van der Waals surface area contributed by atoms with Gasteiger partial charge in [-0.3, -0.25) is 4.79 Å². The highest BCUT2D eigenvalue weighted by molar-refractivity contribution is 5.94. The number of rotatable bonds is 4. The van der Waals surface area contributed by atoms with Crippen LogP contribution in [0.1, 0.15) is 31.1 Å². The number of aliphatic hydroxyl groups excluding tert-OH is 1. The largest absolute Gasteiger partial charge is 0.391 e. The number of carbonyl (C=O) groups is 1. The maximum atomic E-state index is 14.0. The number of aliphatic hydroxyl groups is 1. The van der Waals surface area contributed by atoms with Crippen LogP contribution in [0, 0.1) is 11.2 Å². The van der Waals surface area contributed by atoms with E-state index in [-0.39, 0.29) is 23.2 Å². The van der Waals surface area contributed by atoms with Crippen molar-refractivity contribution in [2.45, 2.75) is 26.9 Å². The molecule has 0 radical (unpaired) electrons. The molecule has 1 unspecified atom stereocenters. The van der Waals surface area contributed by atoms with Crippen LogP contribution in [0.2, 0.25) is 0 Å². The SMILES string of the molecule is CC(C)(C)C(O)CNC(=O)c1ccc(-n2cncn2)c(F)c1. The van der Waals surface area contributed by atoms with Crippen molar-refractivity contribution >= 4 is 5.91 Å². The molecule has 0 aliphatic carbocycles. The molecule has 0 bridgehead atoms. The summed E-state index contributed by atoms with van der Waals surface area (Å²) >= 11 is 0. The fourth-order valence-corrected chi connectivity index (χ4v) is 1.76. The first kappa shape index (κ1) is 16.1. The summed E-state index contributed by atoms with van der Waals surface area (Å²) in [6.07, 6.45) is 1.99. The second kappa shape index (κ2) is 6.23. The molecule has 0 spiro atoms. The van der Waals surface area contributed by atoms with Gasteiger partial charge in [0, 0.05) is 12.1 Å². The molecule has 6 nitrogen and oxygen atoms in total. The van der Waals surface area contributed by atoms with E-state index in [1.165, 1.54) is 29.5 Å². The van der Waals surface area contributed by atoms with Gasteiger partial charge in [-0.15, -0.1) is 0 Å². The van der Waals surface area contributed by atoms with Gasteiger partial charge in [0.25, 0.3) is 5.91 Å². The summed E-state index contributed by atoms with van der Waals surface area (Å²) in [5, 5.41) is 16.3. The molecule has 0 saturated carbocycles. The molecule has 0 aliphatic rings. The minimum absolute atomic E-state index is 0.106. The lowest BCUT2D eigenvalue weighted by molar-refractivity contribution is 0.0587. The molecule has 1 aromatic heterocycles. The standard InChI is InChI=1S/C15H19FN4O2/c1-15(2,3)13(21)7-18-14(22)10-4-5-12(11(16)6-10)20-9-17-8-19-20/h4-6,8-9,13,21H,7H2,1-3H3,(H,18,22). The third kappa shape index (κ3) is 3.67. The molecule has 22 heavy (non-hydrogen) atoms. The van der Waals surface area contributed by atoms with Gasteiger partial charge in [0.1, 0.15) is 24.2 Å². The number of nitrogens with zero attached hydrogens (tertiary/aromatic N) is 3. The first-order valence-electron chi connectivity index (χ1n) is 6.90. The maximum Gasteiger partial charge on any atom is 0.251 e. The topological polar surface area (TPSA) is 80.0 Å². The van der Waals surface area contributed by atoms with Crippen LogP contribution in [0.5, 0.6) is 0 Å². The number of carbonyl (C=O) groups excluding carboxylic acids is 1. The van der Waals surface area contributed by atoms with Gasteiger partial charge in [-0.05, 0) is 23.6 Å². The number of aromatic nitrogens is 3. The normalized spacial score (nSPS) is 13.0. The zero-order chi connectivity index (χ0) is 16.3. The van der Waals surface area contributed by atoms with E-state index in [0.717, 1.165) is 6.07 Å². The molecule has 1 heterocycles. The zero-order valence-electron chi connectivity index (χ0n) is 12.7. The Morgan fingerprint density at radius 1 is 1.45 bits per heavy atom. The lowest BCUT2D eigenvalue weighted by Crippen LogP contribution is -2.39. The molecule has 118 valence electrons. The third-order valence-electron chi connectivity index (χ3n) is 3.33. The first-order valence-corrected chi connectivity index (χ1v) is 6.90. The minimum atomic E-state index is -0.685. The Morgan fingerprint density at radius 3 is 2.73 bits per heavy atom. The van der Waals surface area contributed by atoms with Crippen LogP contribution in [-0.4, -0.2) is 38.4 Å². The van der Waals surface area contributed by atoms with Gasteiger partial charge < -0.3 is 10.4 Å². The van der Waals surface area contributed by atoms with Crippen LogP contribution in [0.4, 0.5) is 4.39 Å². The van der Waals surface area contributed by atoms with Crippen LogP contribution < -0.4 is 5.32 Å². The molecule has 1 aromatic carbocycles. The quantitative estimate of drug-likeness (QED) is 0.898. The monoisotopic (exact) mass is 306 g/mol. The van der Waals surface area contributed by atoms with Gasteiger partial charge in [0.15, 0.2) is 0 Å². The number of nitrogens with one attached hydrogen (secondary N) is 1. The highest BCUT2D eigenvalue weighted by Crippen LogP contribution is 2.18. The fourth-order valence-electron chi connectivity index (χ4n) is 1.76. The lowest BCUT2D eigenvalue weighted by atomic mass is 9.89. The average Bonchev–Trinajstić information content (AvgIpc) is 2.97. The van der Waals surface area contributed by atoms with Gasteiger partial charge in [-0.1, -0.05) is 20.8 Å². The summed E-state index contributed by atoms with van der Waals surface area (Å²) < 4.78 is 15.3. The number of benzene rings is 1. The van der Waals surface area contributed by atoms with E-state index in [1.807, 2.05) is 20.8 Å². The van der Waals surface area contributed by atoms with Crippen molar-refractivity contribution in [1.29, 1.82) is 0 Å². The molecule has 1 atom stereocenters. The highest BCUT2D eigenvalue weighted by Gasteiger charge is 2.22. The van der Waals surface area contributed by atoms with Crippen molar-refractivity contribution in [3.8, 4) is 5.69 Å². The Hall–Kier alpha value is -2.28. The summed E-state index contributed by atoms with van der Waals surface area (Å²) in [5.74, 6) is -1.01. The van der Waals surface area contributed by atoms with Crippen molar-refractivity contribution in [3.63, 3.8) is 0 Å². The van der Waals surface area contributed by atoms with Crippen molar-refractivity contribution in [2.24, 2.45) is 5.41 Å². The molecule has 1 amide bonds. The van der Waals surface area contributed by atoms with E-state index in [9.17, 15) is 14.3 Å². The molecule has 2 aromatic rings. The molecular formula is C15H19FN4O2. The van der Waals surface area contributed by atoms with Crippen molar-refractivity contribution in [2.75, 3.05) is 6.54 Å². The number of hydrogen-bond acceptors (Lipinski definition) is 4. The molecule has 0 saturated heterocycles. The lowest BCUT2D eigenvalue weighted by Gasteiger charge is -2.25. The van der Waals surface area contributed by atoms with E-state index < -0.39 is 17.8 Å². The van der Waals surface area contributed by atoms with Crippen molar-refractivity contribution in [1.82, 2.24) is 20.1 Å². The van der Waals surface area contributed by atoms with E-state index in [4.69, 9.17) is 0 Å². The van der Waals surface area contributed by atoms with Gasteiger partial charge in [0.2, 0.25) is 0 Å². The Kier molecular flexibility index (Phi) is 4.56. The first-order chi connectivity index (χ1) is 10.3. The Labute approximate surface area is 128 Å². The van der Waals surface area contributed by atoms with Crippen LogP contribution >= 0.6 is 0 Å². The van der Waals surface area contributed by atoms with Crippen LogP contribution in [0.3, 0.4) is 0 Å². The van der Waals surface area contributed by atoms with Crippen LogP contribution in [-0.2, 0) is 0 Å². The van der Waals surface area contributed by atoms with Gasteiger partial charge in [0.05, 0.1) is 6.10 Å². The fraction of sp³-hybridized carbons (Fsp3) is 0.400. The Morgan fingerprint density at radius 2 is 2.18 bits per heavy atom. The smallest absolute Gasteiger partial charge is 0.251 e. The second-order valence-electron chi connectivity index (χ2n) is 6.10. The highest BCUT2D eigenvalue weighted by atomic mass is 19.1. The molecule has 7 heteroatoms. The second-order valence-corrected chi connectivity index (χ2v) is 6.10. The molecule has 0 fully saturated rings. The van der Waals surface area contributed by atoms with Crippen molar-refractivity contribution < 1.29 is 14.3 Å². The van der Waals surface area contributed by atoms with Crippen LogP contribution in [0.15, 0.2) is 30.9 Å². The summed E-state index contributed by atoms with van der Waals surface area (Å²) in [6, 6.07) is 4.09. The summed E-state index contributed by atoms with van der Waals surface area (Å²) in [4.78, 5) is 15.7. The van der Waals surface area contributed by atoms with E-state index in [2.05, 4.69) is 15.4 Å². The Bertz CT molecular complexity index is 650. The summed E-state index contributed by atoms with van der Waals surface area (Å²) in [7, 11) is 0. The van der Waals surface area contributed by atoms with E-state index in [1.54, 1.807) is 0 Å². The minimum Gasteiger partial charge on any atom is -0.391 e. The van der Waals surface area contributed by atoms with Crippen LogP contribution in [0.25, 0.3) is 5.69 Å². The maximum absolute atomic E-state index is 14.0. The Balaban J connectivity index is 2.07. The summed E-state index contributed by atoms with van der Waals surface area (Å²) in [5.41, 5.74) is 0.0569. The molecule has 0 aliphatic heterocycles. The zero-order valence-corrected chi connectivity index (χ0v) is 12.7. The van der Waals surface area contributed by atoms with Gasteiger partial charge >= 0.3 is 0 Å². The number of amides is 1. The van der Waals surface area contributed by atoms with E-state index in [0.29, 0.717) is 0 Å². The number of hydrogen-bond donors (Lipinski definition) is 2. The average molecular weight is 306 g/mol. The van der Waals surface area contributed by atoms with Crippen molar-refractivity contribution in [3.05, 3.63) is 42.2 Å². The van der Waals surface area contributed by atoms with Gasteiger partial charge in [-0.25, -0.2) is 14.1 Å². The third-order valence-corrected chi connectivity index (χ3v) is 3.33. The summed E-state index contributed by atoms with van der Waals surface area (Å²) in [6.45, 7) is 5.72.